The first-order valence-corrected chi connectivity index (χ1v) is 6.36. The van der Waals surface area contributed by atoms with Crippen LogP contribution in [0.3, 0.4) is 0 Å². The summed E-state index contributed by atoms with van der Waals surface area (Å²) in [6.07, 6.45) is 2.12. The molecular formula is C13H17ClN2O2. The number of nitrogens with zero attached hydrogens (tertiary/aromatic N) is 1. The minimum Gasteiger partial charge on any atom is -0.398 e. The zero-order valence-electron chi connectivity index (χ0n) is 10.4. The number of nitrogens with two attached hydrogens (primary N) is 1. The van der Waals surface area contributed by atoms with E-state index in [4.69, 9.17) is 22.1 Å². The number of methoxy groups -OCH3 is 1. The fourth-order valence-electron chi connectivity index (χ4n) is 1.91. The Morgan fingerprint density at radius 2 is 2.28 bits per heavy atom. The van der Waals surface area contributed by atoms with Gasteiger partial charge >= 0.3 is 0 Å². The summed E-state index contributed by atoms with van der Waals surface area (Å²) < 4.78 is 5.04. The summed E-state index contributed by atoms with van der Waals surface area (Å²) in [5.74, 6) is -0.0382. The minimum absolute atomic E-state index is 0.0382. The van der Waals surface area contributed by atoms with Crippen LogP contribution in [0.25, 0.3) is 0 Å². The zero-order chi connectivity index (χ0) is 13.1. The number of nitrogen functional groups attached to an aromatic ring is 1. The Morgan fingerprint density at radius 3 is 2.83 bits per heavy atom. The van der Waals surface area contributed by atoms with Crippen molar-refractivity contribution in [2.75, 3.05) is 26.0 Å². The molecule has 0 radical (unpaired) electrons. The predicted molar refractivity (Wildman–Crippen MR) is 71.8 cm³/mol. The molecule has 0 bridgehead atoms. The molecule has 1 aliphatic carbocycles. The standard InChI is InChI=1S/C13H17ClN2O2/c1-18-7-6-16(10-3-4-10)13(17)11-5-2-9(14)8-12(11)15/h2,5,8,10H,3-4,6-7,15H2,1H3. The van der Waals surface area contributed by atoms with Gasteiger partial charge in [0.1, 0.15) is 0 Å². The van der Waals surface area contributed by atoms with Gasteiger partial charge in [0.2, 0.25) is 0 Å². The van der Waals surface area contributed by atoms with E-state index >= 15 is 0 Å². The van der Waals surface area contributed by atoms with Gasteiger partial charge in [-0.2, -0.15) is 0 Å². The van der Waals surface area contributed by atoms with Crippen LogP contribution in [0.15, 0.2) is 18.2 Å². The highest BCUT2D eigenvalue weighted by Crippen LogP contribution is 2.29. The Balaban J connectivity index is 2.16. The smallest absolute Gasteiger partial charge is 0.256 e. The van der Waals surface area contributed by atoms with Gasteiger partial charge in [0.15, 0.2) is 0 Å². The molecule has 2 N–H and O–H groups in total. The van der Waals surface area contributed by atoms with Gasteiger partial charge in [-0.1, -0.05) is 11.6 Å². The van der Waals surface area contributed by atoms with Crippen LogP contribution in [-0.4, -0.2) is 37.1 Å². The average molecular weight is 269 g/mol. The zero-order valence-corrected chi connectivity index (χ0v) is 11.1. The summed E-state index contributed by atoms with van der Waals surface area (Å²) >= 11 is 5.83. The molecule has 0 atom stereocenters. The molecule has 1 fully saturated rings. The fraction of sp³-hybridized carbons (Fsp3) is 0.462. The van der Waals surface area contributed by atoms with Crippen LogP contribution in [0.2, 0.25) is 5.02 Å². The lowest BCUT2D eigenvalue weighted by molar-refractivity contribution is 0.0681. The van der Waals surface area contributed by atoms with Crippen molar-refractivity contribution in [3.8, 4) is 0 Å². The van der Waals surface area contributed by atoms with Gasteiger partial charge in [-0.15, -0.1) is 0 Å². The molecule has 0 aromatic heterocycles. The molecule has 1 amide bonds. The lowest BCUT2D eigenvalue weighted by Crippen LogP contribution is -2.36. The van der Waals surface area contributed by atoms with E-state index in [1.54, 1.807) is 25.3 Å². The second-order valence-electron chi connectivity index (χ2n) is 4.45. The molecule has 2 rings (SSSR count). The summed E-state index contributed by atoms with van der Waals surface area (Å²) in [6.45, 7) is 1.14. The van der Waals surface area contributed by atoms with E-state index in [9.17, 15) is 4.79 Å². The Morgan fingerprint density at radius 1 is 1.56 bits per heavy atom. The van der Waals surface area contributed by atoms with Gasteiger partial charge in [-0.25, -0.2) is 0 Å². The van der Waals surface area contributed by atoms with Crippen molar-refractivity contribution in [3.63, 3.8) is 0 Å². The number of carbonyl (C=O) groups is 1. The third-order valence-corrected chi connectivity index (χ3v) is 3.26. The molecule has 4 nitrogen and oxygen atoms in total. The van der Waals surface area contributed by atoms with E-state index in [2.05, 4.69) is 0 Å². The van der Waals surface area contributed by atoms with Crippen LogP contribution in [-0.2, 0) is 4.74 Å². The van der Waals surface area contributed by atoms with Crippen molar-refractivity contribution < 1.29 is 9.53 Å². The third-order valence-electron chi connectivity index (χ3n) is 3.03. The van der Waals surface area contributed by atoms with E-state index < -0.39 is 0 Å². The van der Waals surface area contributed by atoms with Crippen LogP contribution in [0, 0.1) is 0 Å². The lowest BCUT2D eigenvalue weighted by Gasteiger charge is -2.22. The largest absolute Gasteiger partial charge is 0.398 e. The highest BCUT2D eigenvalue weighted by molar-refractivity contribution is 6.31. The first kappa shape index (κ1) is 13.2. The van der Waals surface area contributed by atoms with Crippen molar-refractivity contribution in [1.82, 2.24) is 4.90 Å². The number of rotatable bonds is 5. The number of carbonyl (C=O) groups excluding carboxylic acids is 1. The molecule has 1 aliphatic rings. The normalized spacial score (nSPS) is 14.6. The number of hydrogen-bond acceptors (Lipinski definition) is 3. The van der Waals surface area contributed by atoms with Crippen LogP contribution < -0.4 is 5.73 Å². The molecular weight excluding hydrogens is 252 g/mol. The Hall–Kier alpha value is -1.26. The molecule has 1 aromatic rings. The van der Waals surface area contributed by atoms with Crippen molar-refractivity contribution >= 4 is 23.2 Å². The third kappa shape index (κ3) is 2.94. The fourth-order valence-corrected chi connectivity index (χ4v) is 2.09. The number of ether oxygens (including phenoxy) is 1. The van der Waals surface area contributed by atoms with Gasteiger partial charge in [-0.05, 0) is 31.0 Å². The Labute approximate surface area is 112 Å². The molecule has 0 saturated heterocycles. The maximum atomic E-state index is 12.4. The summed E-state index contributed by atoms with van der Waals surface area (Å²) in [7, 11) is 1.63. The predicted octanol–water partition coefficient (Wildman–Crippen LogP) is 2.17. The average Bonchev–Trinajstić information content (AvgIpc) is 3.13. The Kier molecular flexibility index (Phi) is 4.09. The number of anilines is 1. The molecule has 0 spiro atoms. The quantitative estimate of drug-likeness (QED) is 0.833. The number of hydrogen-bond donors (Lipinski definition) is 1. The van der Waals surface area contributed by atoms with Gasteiger partial charge in [0.25, 0.3) is 5.91 Å². The molecule has 0 heterocycles. The molecule has 1 saturated carbocycles. The molecule has 0 aliphatic heterocycles. The Bertz CT molecular complexity index is 447. The second-order valence-corrected chi connectivity index (χ2v) is 4.89. The van der Waals surface area contributed by atoms with Crippen molar-refractivity contribution in [3.05, 3.63) is 28.8 Å². The van der Waals surface area contributed by atoms with E-state index in [0.29, 0.717) is 35.5 Å². The van der Waals surface area contributed by atoms with E-state index in [0.717, 1.165) is 12.8 Å². The first-order chi connectivity index (χ1) is 8.63. The topological polar surface area (TPSA) is 55.6 Å². The van der Waals surface area contributed by atoms with Gasteiger partial charge in [0, 0.05) is 30.4 Å². The van der Waals surface area contributed by atoms with Crippen molar-refractivity contribution in [2.24, 2.45) is 0 Å². The maximum Gasteiger partial charge on any atom is 0.256 e. The summed E-state index contributed by atoms with van der Waals surface area (Å²) in [5.41, 5.74) is 6.79. The van der Waals surface area contributed by atoms with Crippen LogP contribution in [0.5, 0.6) is 0 Å². The molecule has 18 heavy (non-hydrogen) atoms. The van der Waals surface area contributed by atoms with Crippen LogP contribution in [0.4, 0.5) is 5.69 Å². The molecule has 1 aromatic carbocycles. The van der Waals surface area contributed by atoms with Gasteiger partial charge in [0.05, 0.1) is 12.2 Å². The first-order valence-electron chi connectivity index (χ1n) is 5.98. The monoisotopic (exact) mass is 268 g/mol. The maximum absolute atomic E-state index is 12.4. The minimum atomic E-state index is -0.0382. The highest BCUT2D eigenvalue weighted by Gasteiger charge is 2.33. The van der Waals surface area contributed by atoms with E-state index in [-0.39, 0.29) is 5.91 Å². The number of amides is 1. The van der Waals surface area contributed by atoms with E-state index in [1.165, 1.54) is 0 Å². The van der Waals surface area contributed by atoms with Crippen molar-refractivity contribution in [1.29, 1.82) is 0 Å². The van der Waals surface area contributed by atoms with Crippen molar-refractivity contribution in [2.45, 2.75) is 18.9 Å². The van der Waals surface area contributed by atoms with E-state index in [1.807, 2.05) is 4.90 Å². The SMILES string of the molecule is COCCN(C(=O)c1ccc(Cl)cc1N)C1CC1. The van der Waals surface area contributed by atoms with Crippen LogP contribution >= 0.6 is 11.6 Å². The summed E-state index contributed by atoms with van der Waals surface area (Å²) in [5, 5.41) is 0.541. The summed E-state index contributed by atoms with van der Waals surface area (Å²) in [6, 6.07) is 5.31. The second kappa shape index (κ2) is 5.59. The van der Waals surface area contributed by atoms with Gasteiger partial charge < -0.3 is 15.4 Å². The number of halogens is 1. The van der Waals surface area contributed by atoms with Gasteiger partial charge in [-0.3, -0.25) is 4.79 Å². The summed E-state index contributed by atoms with van der Waals surface area (Å²) in [4.78, 5) is 14.2. The molecule has 5 heteroatoms. The number of benzene rings is 1. The van der Waals surface area contributed by atoms with Crippen LogP contribution in [0.1, 0.15) is 23.2 Å². The molecule has 98 valence electrons. The highest BCUT2D eigenvalue weighted by atomic mass is 35.5. The molecule has 0 unspecified atom stereocenters. The lowest BCUT2D eigenvalue weighted by atomic mass is 10.1.